The van der Waals surface area contributed by atoms with E-state index < -0.39 is 11.7 Å². The Labute approximate surface area is 228 Å². The lowest BCUT2D eigenvalue weighted by atomic mass is 10.0. The number of morpholine rings is 1. The molecule has 2 saturated heterocycles. The van der Waals surface area contributed by atoms with Crippen molar-refractivity contribution in [2.75, 3.05) is 62.3 Å². The van der Waals surface area contributed by atoms with Gasteiger partial charge in [0.25, 0.3) is 0 Å². The number of piperazine rings is 1. The Morgan fingerprint density at radius 3 is 2.38 bits per heavy atom. The first-order valence-corrected chi connectivity index (χ1v) is 13.2. The first-order valence-electron chi connectivity index (χ1n) is 13.2. The highest BCUT2D eigenvalue weighted by molar-refractivity contribution is 5.82. The summed E-state index contributed by atoms with van der Waals surface area (Å²) in [5, 5.41) is 0.958. The third kappa shape index (κ3) is 5.31. The number of halogens is 3. The molecule has 2 aliphatic heterocycles. The number of carbonyl (C=O) groups excluding carboxylic acids is 1. The largest absolute Gasteiger partial charge is 0.416 e. The molecule has 2 fully saturated rings. The number of amides is 1. The molecular weight excluding hydrogens is 523 g/mol. The molecule has 12 heteroatoms. The number of fused-ring (bicyclic) bond motifs is 1. The summed E-state index contributed by atoms with van der Waals surface area (Å²) in [4.78, 5) is 32.1. The van der Waals surface area contributed by atoms with Crippen LogP contribution in [0.25, 0.3) is 22.2 Å². The van der Waals surface area contributed by atoms with Crippen molar-refractivity contribution in [2.45, 2.75) is 12.7 Å². The lowest BCUT2D eigenvalue weighted by molar-refractivity contribution is -0.137. The molecule has 1 aromatic carbocycles. The molecule has 0 spiro atoms. The molecule has 0 saturated carbocycles. The first kappa shape index (κ1) is 26.1. The summed E-state index contributed by atoms with van der Waals surface area (Å²) in [5.74, 6) is 0.512. The summed E-state index contributed by atoms with van der Waals surface area (Å²) < 4.78 is 48.2. The van der Waals surface area contributed by atoms with Gasteiger partial charge in [-0.05, 0) is 30.3 Å². The summed E-state index contributed by atoms with van der Waals surface area (Å²) in [6.07, 6.45) is 2.36. The van der Waals surface area contributed by atoms with Crippen LogP contribution in [0.15, 0.2) is 61.2 Å². The van der Waals surface area contributed by atoms with Gasteiger partial charge in [0.2, 0.25) is 11.9 Å². The molecule has 2 aliphatic rings. The number of hydrogen-bond acceptors (Lipinski definition) is 7. The standard InChI is InChI=1S/C28H28F3N7O2/c29-28(30,31)22-3-4-23(21-17-33-27(34-18-21)37-12-14-40-15-13-37)24(16-22)35-8-10-36(11-9-35)25(39)19-38-7-5-20-2-1-6-32-26(20)38/h1-7,16-18H,8-15,19H2. The maximum Gasteiger partial charge on any atom is 0.416 e. The van der Waals surface area contributed by atoms with Gasteiger partial charge in [-0.3, -0.25) is 4.79 Å². The topological polar surface area (TPSA) is 79.6 Å². The number of pyridine rings is 1. The van der Waals surface area contributed by atoms with E-state index in [1.54, 1.807) is 23.5 Å². The van der Waals surface area contributed by atoms with Crippen molar-refractivity contribution in [3.63, 3.8) is 0 Å². The summed E-state index contributed by atoms with van der Waals surface area (Å²) in [6, 6.07) is 9.45. The molecule has 0 radical (unpaired) electrons. The van der Waals surface area contributed by atoms with Gasteiger partial charge in [0.15, 0.2) is 0 Å². The molecule has 0 N–H and O–H groups in total. The van der Waals surface area contributed by atoms with Gasteiger partial charge in [-0.15, -0.1) is 0 Å². The van der Waals surface area contributed by atoms with Crippen molar-refractivity contribution >= 4 is 28.6 Å². The summed E-state index contributed by atoms with van der Waals surface area (Å²) in [7, 11) is 0. The Bertz CT molecular complexity index is 1490. The van der Waals surface area contributed by atoms with Crippen LogP contribution in [0.3, 0.4) is 0 Å². The SMILES string of the molecule is O=C(Cn1ccc2cccnc21)N1CCN(c2cc(C(F)(F)F)ccc2-c2cnc(N3CCOCC3)nc2)CC1. The van der Waals surface area contributed by atoms with E-state index in [2.05, 4.69) is 15.0 Å². The van der Waals surface area contributed by atoms with Gasteiger partial charge < -0.3 is 24.0 Å². The van der Waals surface area contributed by atoms with Gasteiger partial charge in [0.05, 0.1) is 18.8 Å². The normalized spacial score (nSPS) is 16.5. The van der Waals surface area contributed by atoms with Crippen molar-refractivity contribution in [1.82, 2.24) is 24.4 Å². The Balaban J connectivity index is 1.20. The monoisotopic (exact) mass is 551 g/mol. The molecule has 0 atom stereocenters. The zero-order chi connectivity index (χ0) is 27.7. The smallest absolute Gasteiger partial charge is 0.378 e. The zero-order valence-electron chi connectivity index (χ0n) is 21.7. The first-order chi connectivity index (χ1) is 19.4. The van der Waals surface area contributed by atoms with E-state index in [0.29, 0.717) is 75.2 Å². The lowest BCUT2D eigenvalue weighted by Gasteiger charge is -2.37. The molecule has 6 rings (SSSR count). The number of benzene rings is 1. The molecule has 0 bridgehead atoms. The predicted molar refractivity (Wildman–Crippen MR) is 144 cm³/mol. The molecule has 1 amide bonds. The Morgan fingerprint density at radius 2 is 1.65 bits per heavy atom. The Morgan fingerprint density at radius 1 is 0.900 bits per heavy atom. The number of ether oxygens (including phenoxy) is 1. The minimum atomic E-state index is -4.48. The van der Waals surface area contributed by atoms with Crippen LogP contribution < -0.4 is 9.80 Å². The van der Waals surface area contributed by atoms with Gasteiger partial charge >= 0.3 is 6.18 Å². The van der Waals surface area contributed by atoms with Gasteiger partial charge in [0, 0.05) is 86.3 Å². The van der Waals surface area contributed by atoms with Gasteiger partial charge in [-0.1, -0.05) is 6.07 Å². The molecule has 3 aromatic heterocycles. The van der Waals surface area contributed by atoms with Crippen LogP contribution in [0.2, 0.25) is 0 Å². The maximum atomic E-state index is 13.7. The van der Waals surface area contributed by atoms with Crippen molar-refractivity contribution in [2.24, 2.45) is 0 Å². The molecule has 0 unspecified atom stereocenters. The minimum Gasteiger partial charge on any atom is -0.378 e. The number of hydrogen-bond donors (Lipinski definition) is 0. The molecular formula is C28H28F3N7O2. The second kappa shape index (κ2) is 10.8. The average Bonchev–Trinajstić information content (AvgIpc) is 3.39. The van der Waals surface area contributed by atoms with Crippen molar-refractivity contribution in [3.8, 4) is 11.1 Å². The number of carbonyl (C=O) groups is 1. The fourth-order valence-electron chi connectivity index (χ4n) is 5.19. The fraction of sp³-hybridized carbons (Fsp3) is 0.357. The maximum absolute atomic E-state index is 13.7. The second-order valence-corrected chi connectivity index (χ2v) is 9.83. The quantitative estimate of drug-likeness (QED) is 0.374. The molecule has 0 aliphatic carbocycles. The van der Waals surface area contributed by atoms with Crippen LogP contribution in [0.1, 0.15) is 5.56 Å². The van der Waals surface area contributed by atoms with E-state index in [0.717, 1.165) is 17.1 Å². The number of anilines is 2. The van der Waals surface area contributed by atoms with E-state index in [4.69, 9.17) is 4.74 Å². The Hall–Kier alpha value is -4.19. The van der Waals surface area contributed by atoms with Gasteiger partial charge in [-0.25, -0.2) is 15.0 Å². The molecule has 5 heterocycles. The summed E-state index contributed by atoms with van der Waals surface area (Å²) >= 11 is 0. The molecule has 208 valence electrons. The molecule has 4 aromatic rings. The number of rotatable bonds is 5. The van der Waals surface area contributed by atoms with Gasteiger partial charge in [-0.2, -0.15) is 13.2 Å². The van der Waals surface area contributed by atoms with Crippen LogP contribution in [0.4, 0.5) is 24.8 Å². The second-order valence-electron chi connectivity index (χ2n) is 9.83. The number of alkyl halides is 3. The van der Waals surface area contributed by atoms with E-state index in [1.165, 1.54) is 12.1 Å². The van der Waals surface area contributed by atoms with Gasteiger partial charge in [0.1, 0.15) is 12.2 Å². The third-order valence-electron chi connectivity index (χ3n) is 7.37. The van der Waals surface area contributed by atoms with Crippen molar-refractivity contribution in [1.29, 1.82) is 0 Å². The Kier molecular flexibility index (Phi) is 7.01. The van der Waals surface area contributed by atoms with Crippen LogP contribution in [-0.4, -0.2) is 82.8 Å². The third-order valence-corrected chi connectivity index (χ3v) is 7.37. The summed E-state index contributed by atoms with van der Waals surface area (Å²) in [6.45, 7) is 4.32. The number of aromatic nitrogens is 4. The van der Waals surface area contributed by atoms with Crippen molar-refractivity contribution in [3.05, 3.63) is 66.7 Å². The zero-order valence-corrected chi connectivity index (χ0v) is 21.7. The van der Waals surface area contributed by atoms with E-state index in [1.807, 2.05) is 38.8 Å². The van der Waals surface area contributed by atoms with Crippen LogP contribution in [0, 0.1) is 0 Å². The average molecular weight is 552 g/mol. The lowest BCUT2D eigenvalue weighted by Crippen LogP contribution is -2.49. The predicted octanol–water partition coefficient (Wildman–Crippen LogP) is 3.70. The van der Waals surface area contributed by atoms with Crippen LogP contribution in [-0.2, 0) is 22.3 Å². The summed E-state index contributed by atoms with van der Waals surface area (Å²) in [5.41, 5.74) is 1.72. The van der Waals surface area contributed by atoms with Crippen molar-refractivity contribution < 1.29 is 22.7 Å². The van der Waals surface area contributed by atoms with E-state index in [9.17, 15) is 18.0 Å². The number of nitrogens with zero attached hydrogens (tertiary/aromatic N) is 7. The highest BCUT2D eigenvalue weighted by Gasteiger charge is 2.32. The van der Waals surface area contributed by atoms with Crippen LogP contribution >= 0.6 is 0 Å². The molecule has 9 nitrogen and oxygen atoms in total. The van der Waals surface area contributed by atoms with E-state index in [-0.39, 0.29) is 12.5 Å². The highest BCUT2D eigenvalue weighted by atomic mass is 19.4. The fourth-order valence-corrected chi connectivity index (χ4v) is 5.19. The van der Waals surface area contributed by atoms with Crippen LogP contribution in [0.5, 0.6) is 0 Å². The van der Waals surface area contributed by atoms with E-state index >= 15 is 0 Å². The minimum absolute atomic E-state index is 0.0563. The highest BCUT2D eigenvalue weighted by Crippen LogP contribution is 2.38. The molecule has 40 heavy (non-hydrogen) atoms.